The van der Waals surface area contributed by atoms with E-state index in [4.69, 9.17) is 0 Å². The smallest absolute Gasteiger partial charge is 0.128 e. The molecule has 1 unspecified atom stereocenters. The summed E-state index contributed by atoms with van der Waals surface area (Å²) in [6.07, 6.45) is 4.46. The first-order chi connectivity index (χ1) is 8.71. The molecule has 0 aromatic carbocycles. The minimum absolute atomic E-state index is 0.720. The second-order valence-electron chi connectivity index (χ2n) is 4.85. The van der Waals surface area contributed by atoms with E-state index in [1.807, 2.05) is 6.20 Å². The minimum Gasteiger partial charge on any atom is -0.384 e. The molecule has 1 aromatic rings. The molecule has 0 radical (unpaired) electrons. The quantitative estimate of drug-likeness (QED) is 0.760. The van der Waals surface area contributed by atoms with E-state index in [1.165, 1.54) is 12.8 Å². The lowest BCUT2D eigenvalue weighted by Crippen LogP contribution is -2.22. The molecule has 3 nitrogen and oxygen atoms in total. The van der Waals surface area contributed by atoms with Crippen LogP contribution in [-0.4, -0.2) is 24.6 Å². The molecule has 0 saturated heterocycles. The van der Waals surface area contributed by atoms with Crippen LogP contribution in [0.15, 0.2) is 18.3 Å². The van der Waals surface area contributed by atoms with Gasteiger partial charge in [-0.3, -0.25) is 0 Å². The molecule has 0 spiro atoms. The molecule has 18 heavy (non-hydrogen) atoms. The van der Waals surface area contributed by atoms with Crippen LogP contribution in [-0.2, 0) is 0 Å². The Labute approximate surface area is 112 Å². The SMILES string of the molecule is CCCC(C)CNc1ccc(N(CC)CC)nc1. The largest absolute Gasteiger partial charge is 0.384 e. The maximum Gasteiger partial charge on any atom is 0.128 e. The van der Waals surface area contributed by atoms with Gasteiger partial charge in [0.05, 0.1) is 11.9 Å². The van der Waals surface area contributed by atoms with Gasteiger partial charge in [-0.05, 0) is 38.3 Å². The Hall–Kier alpha value is -1.25. The lowest BCUT2D eigenvalue weighted by Gasteiger charge is -2.20. The van der Waals surface area contributed by atoms with Crippen molar-refractivity contribution < 1.29 is 0 Å². The predicted molar refractivity (Wildman–Crippen MR) is 80.4 cm³/mol. The van der Waals surface area contributed by atoms with Gasteiger partial charge in [-0.2, -0.15) is 0 Å². The normalized spacial score (nSPS) is 12.2. The molecule has 1 atom stereocenters. The Morgan fingerprint density at radius 2 is 1.94 bits per heavy atom. The van der Waals surface area contributed by atoms with Gasteiger partial charge < -0.3 is 10.2 Å². The number of hydrogen-bond acceptors (Lipinski definition) is 3. The van der Waals surface area contributed by atoms with E-state index in [1.54, 1.807) is 0 Å². The van der Waals surface area contributed by atoms with Crippen molar-refractivity contribution in [3.05, 3.63) is 18.3 Å². The Bertz CT molecular complexity index is 317. The summed E-state index contributed by atoms with van der Waals surface area (Å²) in [6.45, 7) is 11.9. The van der Waals surface area contributed by atoms with Gasteiger partial charge in [0.15, 0.2) is 0 Å². The second-order valence-corrected chi connectivity index (χ2v) is 4.85. The van der Waals surface area contributed by atoms with Crippen LogP contribution < -0.4 is 10.2 Å². The van der Waals surface area contributed by atoms with E-state index >= 15 is 0 Å². The van der Waals surface area contributed by atoms with Gasteiger partial charge >= 0.3 is 0 Å². The number of hydrogen-bond donors (Lipinski definition) is 1. The van der Waals surface area contributed by atoms with Crippen molar-refractivity contribution >= 4 is 11.5 Å². The average Bonchev–Trinajstić information content (AvgIpc) is 2.39. The molecular weight excluding hydrogens is 222 g/mol. The molecule has 3 heteroatoms. The maximum atomic E-state index is 4.51. The fraction of sp³-hybridized carbons (Fsp3) is 0.667. The van der Waals surface area contributed by atoms with Crippen LogP contribution in [0, 0.1) is 5.92 Å². The molecule has 1 aromatic heterocycles. The van der Waals surface area contributed by atoms with Crippen molar-refractivity contribution in [1.29, 1.82) is 0 Å². The fourth-order valence-electron chi connectivity index (χ4n) is 2.11. The molecular formula is C15H27N3. The number of rotatable bonds is 8. The molecule has 0 aliphatic heterocycles. The molecule has 0 aliphatic carbocycles. The van der Waals surface area contributed by atoms with E-state index < -0.39 is 0 Å². The average molecular weight is 249 g/mol. The summed E-state index contributed by atoms with van der Waals surface area (Å²) in [5, 5.41) is 3.45. The number of nitrogens with zero attached hydrogens (tertiary/aromatic N) is 2. The summed E-state index contributed by atoms with van der Waals surface area (Å²) in [7, 11) is 0. The highest BCUT2D eigenvalue weighted by atomic mass is 15.2. The first-order valence-corrected chi connectivity index (χ1v) is 7.16. The third-order valence-electron chi connectivity index (χ3n) is 3.27. The van der Waals surface area contributed by atoms with Gasteiger partial charge in [-0.25, -0.2) is 4.98 Å². The van der Waals surface area contributed by atoms with Crippen LogP contribution in [0.4, 0.5) is 11.5 Å². The molecule has 1 N–H and O–H groups in total. The lowest BCUT2D eigenvalue weighted by atomic mass is 10.1. The summed E-state index contributed by atoms with van der Waals surface area (Å²) in [6, 6.07) is 4.22. The number of nitrogens with one attached hydrogen (secondary N) is 1. The lowest BCUT2D eigenvalue weighted by molar-refractivity contribution is 0.550. The van der Waals surface area contributed by atoms with E-state index in [-0.39, 0.29) is 0 Å². The zero-order valence-electron chi connectivity index (χ0n) is 12.2. The van der Waals surface area contributed by atoms with Crippen LogP contribution in [0.3, 0.4) is 0 Å². The summed E-state index contributed by atoms with van der Waals surface area (Å²) < 4.78 is 0. The first-order valence-electron chi connectivity index (χ1n) is 7.16. The molecule has 0 fully saturated rings. The molecule has 0 amide bonds. The van der Waals surface area contributed by atoms with Crippen LogP contribution in [0.1, 0.15) is 40.5 Å². The van der Waals surface area contributed by atoms with Crippen molar-refractivity contribution in [2.45, 2.75) is 40.5 Å². The Morgan fingerprint density at radius 3 is 2.44 bits per heavy atom. The van der Waals surface area contributed by atoms with E-state index in [0.29, 0.717) is 0 Å². The monoisotopic (exact) mass is 249 g/mol. The highest BCUT2D eigenvalue weighted by Crippen LogP contribution is 2.14. The Morgan fingerprint density at radius 1 is 1.22 bits per heavy atom. The Balaban J connectivity index is 2.49. The zero-order valence-corrected chi connectivity index (χ0v) is 12.2. The van der Waals surface area contributed by atoms with Gasteiger partial charge in [0.2, 0.25) is 0 Å². The van der Waals surface area contributed by atoms with Gasteiger partial charge in [0.25, 0.3) is 0 Å². The second kappa shape index (κ2) is 7.96. The van der Waals surface area contributed by atoms with Gasteiger partial charge in [0, 0.05) is 19.6 Å². The molecule has 102 valence electrons. The molecule has 0 bridgehead atoms. The summed E-state index contributed by atoms with van der Waals surface area (Å²) in [4.78, 5) is 6.76. The number of anilines is 2. The molecule has 1 rings (SSSR count). The van der Waals surface area contributed by atoms with E-state index in [0.717, 1.165) is 37.1 Å². The molecule has 0 aliphatic rings. The third kappa shape index (κ3) is 4.55. The maximum absolute atomic E-state index is 4.51. The van der Waals surface area contributed by atoms with Gasteiger partial charge in [-0.15, -0.1) is 0 Å². The molecule has 0 saturated carbocycles. The van der Waals surface area contributed by atoms with Crippen LogP contribution in [0.5, 0.6) is 0 Å². The Kier molecular flexibility index (Phi) is 6.55. The van der Waals surface area contributed by atoms with Crippen molar-refractivity contribution in [3.63, 3.8) is 0 Å². The first kappa shape index (κ1) is 14.8. The van der Waals surface area contributed by atoms with Gasteiger partial charge in [0.1, 0.15) is 5.82 Å². The highest BCUT2D eigenvalue weighted by molar-refractivity contribution is 5.48. The van der Waals surface area contributed by atoms with Crippen molar-refractivity contribution in [2.75, 3.05) is 29.9 Å². The highest BCUT2D eigenvalue weighted by Gasteiger charge is 2.04. The van der Waals surface area contributed by atoms with E-state index in [9.17, 15) is 0 Å². The van der Waals surface area contributed by atoms with Crippen molar-refractivity contribution in [1.82, 2.24) is 4.98 Å². The van der Waals surface area contributed by atoms with Crippen molar-refractivity contribution in [2.24, 2.45) is 5.92 Å². The predicted octanol–water partition coefficient (Wildman–Crippen LogP) is 3.78. The zero-order chi connectivity index (χ0) is 13.4. The minimum atomic E-state index is 0.720. The summed E-state index contributed by atoms with van der Waals surface area (Å²) in [5.41, 5.74) is 1.12. The van der Waals surface area contributed by atoms with Gasteiger partial charge in [-0.1, -0.05) is 20.3 Å². The van der Waals surface area contributed by atoms with E-state index in [2.05, 4.69) is 55.0 Å². The third-order valence-corrected chi connectivity index (χ3v) is 3.27. The van der Waals surface area contributed by atoms with Crippen molar-refractivity contribution in [3.8, 4) is 0 Å². The summed E-state index contributed by atoms with van der Waals surface area (Å²) in [5.74, 6) is 1.78. The number of aromatic nitrogens is 1. The summed E-state index contributed by atoms with van der Waals surface area (Å²) >= 11 is 0. The number of pyridine rings is 1. The van der Waals surface area contributed by atoms with Crippen LogP contribution in [0.25, 0.3) is 0 Å². The fourth-order valence-corrected chi connectivity index (χ4v) is 2.11. The molecule has 1 heterocycles. The standard InChI is InChI=1S/C15H27N3/c1-5-8-13(4)11-16-14-9-10-15(17-12-14)18(6-2)7-3/h9-10,12-13,16H,5-8,11H2,1-4H3. The van der Waals surface area contributed by atoms with Crippen LogP contribution in [0.2, 0.25) is 0 Å². The topological polar surface area (TPSA) is 28.2 Å². The van der Waals surface area contributed by atoms with Crippen LogP contribution >= 0.6 is 0 Å².